The van der Waals surface area contributed by atoms with Crippen LogP contribution in [0.2, 0.25) is 0 Å². The molecule has 1 aromatic rings. The van der Waals surface area contributed by atoms with E-state index in [-0.39, 0.29) is 12.4 Å². The van der Waals surface area contributed by atoms with Crippen LogP contribution in [0.1, 0.15) is 60.4 Å². The maximum Gasteiger partial charge on any atom is 0.162 e. The lowest BCUT2D eigenvalue weighted by Crippen LogP contribution is -2.47. The average molecular weight is 344 g/mol. The minimum Gasteiger partial charge on any atom is -0.395 e. The van der Waals surface area contributed by atoms with Gasteiger partial charge in [-0.15, -0.1) is 0 Å². The predicted molar refractivity (Wildman–Crippen MR) is 101 cm³/mol. The number of carbonyl (C=O) groups is 1. The molecule has 1 aliphatic carbocycles. The Hall–Kier alpha value is -1.23. The number of hydrogen-bond donors (Lipinski definition) is 1. The first-order valence-corrected chi connectivity index (χ1v) is 9.95. The van der Waals surface area contributed by atoms with E-state index in [9.17, 15) is 4.79 Å². The van der Waals surface area contributed by atoms with Gasteiger partial charge in [0.1, 0.15) is 0 Å². The van der Waals surface area contributed by atoms with Crippen molar-refractivity contribution in [3.05, 3.63) is 35.4 Å². The first kappa shape index (κ1) is 18.6. The molecule has 1 saturated heterocycles. The highest BCUT2D eigenvalue weighted by Crippen LogP contribution is 2.34. The van der Waals surface area contributed by atoms with Crippen molar-refractivity contribution in [1.82, 2.24) is 9.80 Å². The van der Waals surface area contributed by atoms with E-state index in [4.69, 9.17) is 5.11 Å². The first-order chi connectivity index (χ1) is 12.3. The standard InChI is InChI=1S/C21H32N2O2/c24-17-16-23-14-12-22(13-15-23)11-3-6-21(25)20-9-7-19(8-10-20)18-4-1-2-5-18/h7-10,18,24H,1-6,11-17H2. The molecule has 1 aliphatic heterocycles. The topological polar surface area (TPSA) is 43.8 Å². The van der Waals surface area contributed by atoms with E-state index in [1.165, 1.54) is 31.2 Å². The second-order valence-electron chi connectivity index (χ2n) is 7.54. The van der Waals surface area contributed by atoms with Crippen LogP contribution in [-0.4, -0.2) is 66.6 Å². The number of benzene rings is 1. The molecule has 1 heterocycles. The lowest BCUT2D eigenvalue weighted by atomic mass is 9.95. The normalized spacial score (nSPS) is 20.2. The highest BCUT2D eigenvalue weighted by molar-refractivity contribution is 5.96. The van der Waals surface area contributed by atoms with Crippen molar-refractivity contribution in [2.75, 3.05) is 45.9 Å². The van der Waals surface area contributed by atoms with Crippen molar-refractivity contribution >= 4 is 5.78 Å². The third-order valence-electron chi connectivity index (χ3n) is 5.82. The average Bonchev–Trinajstić information content (AvgIpc) is 3.18. The number of piperazine rings is 1. The van der Waals surface area contributed by atoms with Crippen LogP contribution in [0.3, 0.4) is 0 Å². The fourth-order valence-electron chi connectivity index (χ4n) is 4.19. The van der Waals surface area contributed by atoms with Crippen LogP contribution >= 0.6 is 0 Å². The number of β-amino-alcohol motifs (C(OH)–C–C–N with tert-alkyl or cyclic N) is 1. The summed E-state index contributed by atoms with van der Waals surface area (Å²) in [6.07, 6.45) is 6.87. The molecular weight excluding hydrogens is 312 g/mol. The molecule has 0 radical (unpaired) electrons. The smallest absolute Gasteiger partial charge is 0.162 e. The molecule has 0 spiro atoms. The van der Waals surface area contributed by atoms with Crippen LogP contribution in [0.15, 0.2) is 24.3 Å². The van der Waals surface area contributed by atoms with Crippen molar-refractivity contribution in [1.29, 1.82) is 0 Å². The highest BCUT2D eigenvalue weighted by atomic mass is 16.3. The minimum atomic E-state index is 0.244. The lowest BCUT2D eigenvalue weighted by Gasteiger charge is -2.34. The molecule has 138 valence electrons. The molecule has 0 unspecified atom stereocenters. The van der Waals surface area contributed by atoms with Crippen LogP contribution in [0.4, 0.5) is 0 Å². The molecule has 1 aromatic carbocycles. The Bertz CT molecular complexity index is 529. The van der Waals surface area contributed by atoms with Gasteiger partial charge < -0.3 is 10.0 Å². The summed E-state index contributed by atoms with van der Waals surface area (Å²) >= 11 is 0. The molecule has 1 N–H and O–H groups in total. The molecule has 1 saturated carbocycles. The van der Waals surface area contributed by atoms with E-state index in [1.54, 1.807) is 0 Å². The Morgan fingerprint density at radius 2 is 1.56 bits per heavy atom. The van der Waals surface area contributed by atoms with Crippen LogP contribution in [-0.2, 0) is 0 Å². The highest BCUT2D eigenvalue weighted by Gasteiger charge is 2.18. The van der Waals surface area contributed by atoms with Gasteiger partial charge in [-0.25, -0.2) is 0 Å². The summed E-state index contributed by atoms with van der Waals surface area (Å²) < 4.78 is 0. The Morgan fingerprint density at radius 3 is 2.16 bits per heavy atom. The first-order valence-electron chi connectivity index (χ1n) is 9.95. The molecule has 4 heteroatoms. The van der Waals surface area contributed by atoms with E-state index in [2.05, 4.69) is 21.9 Å². The number of nitrogens with zero attached hydrogens (tertiary/aromatic N) is 2. The van der Waals surface area contributed by atoms with Gasteiger partial charge in [-0.1, -0.05) is 37.1 Å². The largest absolute Gasteiger partial charge is 0.395 e. The van der Waals surface area contributed by atoms with E-state index in [1.807, 2.05) is 12.1 Å². The zero-order valence-electron chi connectivity index (χ0n) is 15.3. The molecule has 0 bridgehead atoms. The summed E-state index contributed by atoms with van der Waals surface area (Å²) in [7, 11) is 0. The van der Waals surface area contributed by atoms with Gasteiger partial charge in [0.15, 0.2) is 5.78 Å². The fraction of sp³-hybridized carbons (Fsp3) is 0.667. The molecule has 2 fully saturated rings. The third-order valence-corrected chi connectivity index (χ3v) is 5.82. The summed E-state index contributed by atoms with van der Waals surface area (Å²) in [6.45, 7) is 6.17. The van der Waals surface area contributed by atoms with Gasteiger partial charge in [-0.3, -0.25) is 9.69 Å². The molecule has 4 nitrogen and oxygen atoms in total. The maximum absolute atomic E-state index is 12.4. The van der Waals surface area contributed by atoms with E-state index < -0.39 is 0 Å². The zero-order valence-corrected chi connectivity index (χ0v) is 15.3. The molecule has 3 rings (SSSR count). The summed E-state index contributed by atoms with van der Waals surface area (Å²) in [5, 5.41) is 8.98. The van der Waals surface area contributed by atoms with Crippen molar-refractivity contribution in [3.63, 3.8) is 0 Å². The van der Waals surface area contributed by atoms with Crippen LogP contribution in [0.5, 0.6) is 0 Å². The lowest BCUT2D eigenvalue weighted by molar-refractivity contribution is 0.0949. The van der Waals surface area contributed by atoms with Crippen LogP contribution in [0, 0.1) is 0 Å². The summed E-state index contributed by atoms with van der Waals surface area (Å²) in [5.74, 6) is 0.991. The van der Waals surface area contributed by atoms with Gasteiger partial charge in [0.2, 0.25) is 0 Å². The number of ketones is 1. The van der Waals surface area contributed by atoms with Gasteiger partial charge in [0, 0.05) is 44.7 Å². The van der Waals surface area contributed by atoms with Gasteiger partial charge >= 0.3 is 0 Å². The third kappa shape index (κ3) is 5.37. The fourth-order valence-corrected chi connectivity index (χ4v) is 4.19. The molecular formula is C21H32N2O2. The van der Waals surface area contributed by atoms with Crippen molar-refractivity contribution in [2.45, 2.75) is 44.4 Å². The minimum absolute atomic E-state index is 0.244. The van der Waals surface area contributed by atoms with Gasteiger partial charge in [0.25, 0.3) is 0 Å². The number of aliphatic hydroxyl groups is 1. The number of Topliss-reactive ketones (excluding diaryl/α,β-unsaturated/α-hetero) is 1. The quantitative estimate of drug-likeness (QED) is 0.737. The van der Waals surface area contributed by atoms with Crippen LogP contribution in [0.25, 0.3) is 0 Å². The Morgan fingerprint density at radius 1 is 0.960 bits per heavy atom. The van der Waals surface area contributed by atoms with E-state index >= 15 is 0 Å². The number of rotatable bonds is 8. The van der Waals surface area contributed by atoms with E-state index in [0.717, 1.165) is 51.3 Å². The predicted octanol–water partition coefficient (Wildman–Crippen LogP) is 2.92. The molecule has 0 atom stereocenters. The Balaban J connectivity index is 1.38. The van der Waals surface area contributed by atoms with E-state index in [0.29, 0.717) is 12.3 Å². The summed E-state index contributed by atoms with van der Waals surface area (Å²) in [5.41, 5.74) is 2.28. The summed E-state index contributed by atoms with van der Waals surface area (Å²) in [4.78, 5) is 17.1. The zero-order chi connectivity index (χ0) is 17.5. The number of carbonyl (C=O) groups excluding carboxylic acids is 1. The summed E-state index contributed by atoms with van der Waals surface area (Å²) in [6, 6.07) is 8.40. The Labute approximate surface area is 151 Å². The Kier molecular flexibility index (Phi) is 7.02. The van der Waals surface area contributed by atoms with Gasteiger partial charge in [-0.2, -0.15) is 0 Å². The number of aliphatic hydroxyl groups excluding tert-OH is 1. The second-order valence-corrected chi connectivity index (χ2v) is 7.54. The van der Waals surface area contributed by atoms with Crippen LogP contribution < -0.4 is 0 Å². The number of hydrogen-bond acceptors (Lipinski definition) is 4. The SMILES string of the molecule is O=C(CCCN1CCN(CCO)CC1)c1ccc(C2CCCC2)cc1. The van der Waals surface area contributed by atoms with Crippen molar-refractivity contribution in [2.24, 2.45) is 0 Å². The second kappa shape index (κ2) is 9.46. The molecule has 25 heavy (non-hydrogen) atoms. The monoisotopic (exact) mass is 344 g/mol. The molecule has 0 amide bonds. The molecule has 0 aromatic heterocycles. The van der Waals surface area contributed by atoms with Crippen molar-refractivity contribution in [3.8, 4) is 0 Å². The van der Waals surface area contributed by atoms with Crippen molar-refractivity contribution < 1.29 is 9.90 Å². The maximum atomic E-state index is 12.4. The van der Waals surface area contributed by atoms with Gasteiger partial charge in [0.05, 0.1) is 6.61 Å². The van der Waals surface area contributed by atoms with Gasteiger partial charge in [-0.05, 0) is 37.3 Å². The molecule has 2 aliphatic rings.